The summed E-state index contributed by atoms with van der Waals surface area (Å²) in [6.45, 7) is 0. The van der Waals surface area contributed by atoms with E-state index in [-0.39, 0.29) is 0 Å². The molecule has 4 aromatic rings. The van der Waals surface area contributed by atoms with Crippen LogP contribution in [0.2, 0.25) is 5.02 Å². The van der Waals surface area contributed by atoms with Gasteiger partial charge in [0.05, 0.1) is 13.3 Å². The molecule has 1 heterocycles. The highest BCUT2D eigenvalue weighted by Crippen LogP contribution is 2.27. The third-order valence-electron chi connectivity index (χ3n) is 4.28. The number of benzene rings is 3. The van der Waals surface area contributed by atoms with Gasteiger partial charge < -0.3 is 4.74 Å². The van der Waals surface area contributed by atoms with Crippen molar-refractivity contribution in [2.75, 3.05) is 7.11 Å². The topological polar surface area (TPSA) is 52.3 Å². The van der Waals surface area contributed by atoms with Gasteiger partial charge in [-0.1, -0.05) is 71.9 Å². The highest BCUT2D eigenvalue weighted by molar-refractivity contribution is 7.98. The molecule has 0 spiro atoms. The molecule has 1 aromatic heterocycles. The highest BCUT2D eigenvalue weighted by atomic mass is 35.5. The van der Waals surface area contributed by atoms with Gasteiger partial charge >= 0.3 is 0 Å². The normalized spacial score (nSPS) is 11.4. The molecule has 7 heteroatoms. The van der Waals surface area contributed by atoms with Gasteiger partial charge in [0.1, 0.15) is 12.1 Å². The second kappa shape index (κ2) is 8.46. The van der Waals surface area contributed by atoms with Crippen LogP contribution in [0.5, 0.6) is 5.75 Å². The van der Waals surface area contributed by atoms with Crippen LogP contribution >= 0.6 is 23.4 Å². The third kappa shape index (κ3) is 3.88. The zero-order valence-corrected chi connectivity index (χ0v) is 16.7. The zero-order chi connectivity index (χ0) is 19.3. The van der Waals surface area contributed by atoms with Gasteiger partial charge in [-0.05, 0) is 28.5 Å². The number of thioether (sulfide) groups is 1. The Morgan fingerprint density at radius 2 is 1.93 bits per heavy atom. The van der Waals surface area contributed by atoms with Gasteiger partial charge in [0.25, 0.3) is 0 Å². The van der Waals surface area contributed by atoms with E-state index >= 15 is 0 Å². The summed E-state index contributed by atoms with van der Waals surface area (Å²) in [5.41, 5.74) is 1.96. The molecule has 0 N–H and O–H groups in total. The molecule has 0 aliphatic heterocycles. The minimum atomic E-state index is 0.686. The molecule has 0 amide bonds. The number of ether oxygens (including phenoxy) is 1. The number of hydrogen-bond donors (Lipinski definition) is 0. The molecule has 0 atom stereocenters. The Balaban J connectivity index is 1.61. The highest BCUT2D eigenvalue weighted by Gasteiger charge is 2.09. The van der Waals surface area contributed by atoms with Crippen LogP contribution < -0.4 is 4.74 Å². The van der Waals surface area contributed by atoms with Crippen LogP contribution in [0.3, 0.4) is 0 Å². The quantitative estimate of drug-likeness (QED) is 0.322. The molecule has 4 rings (SSSR count). The monoisotopic (exact) mass is 408 g/mol. The van der Waals surface area contributed by atoms with Crippen LogP contribution in [-0.2, 0) is 5.75 Å². The number of fused-ring (bicyclic) bond motifs is 1. The second-order valence-electron chi connectivity index (χ2n) is 5.99. The average Bonchev–Trinajstić information content (AvgIpc) is 3.18. The van der Waals surface area contributed by atoms with Crippen molar-refractivity contribution in [3.63, 3.8) is 0 Å². The van der Waals surface area contributed by atoms with Crippen molar-refractivity contribution < 1.29 is 4.74 Å². The van der Waals surface area contributed by atoms with Crippen molar-refractivity contribution in [3.05, 3.63) is 83.1 Å². The minimum Gasteiger partial charge on any atom is -0.496 e. The van der Waals surface area contributed by atoms with Crippen LogP contribution in [0.1, 0.15) is 11.1 Å². The molecule has 5 nitrogen and oxygen atoms in total. The average molecular weight is 409 g/mol. The van der Waals surface area contributed by atoms with Crippen molar-refractivity contribution in [1.82, 2.24) is 14.9 Å². The van der Waals surface area contributed by atoms with Crippen LogP contribution in [-0.4, -0.2) is 28.2 Å². The van der Waals surface area contributed by atoms with Crippen molar-refractivity contribution in [2.24, 2.45) is 5.10 Å². The van der Waals surface area contributed by atoms with Crippen molar-refractivity contribution in [3.8, 4) is 5.75 Å². The van der Waals surface area contributed by atoms with Gasteiger partial charge in [0, 0.05) is 16.3 Å². The first-order chi connectivity index (χ1) is 13.8. The Morgan fingerprint density at radius 1 is 1.11 bits per heavy atom. The van der Waals surface area contributed by atoms with E-state index in [1.165, 1.54) is 11.8 Å². The number of rotatable bonds is 6. The van der Waals surface area contributed by atoms with Crippen molar-refractivity contribution in [1.29, 1.82) is 0 Å². The van der Waals surface area contributed by atoms with E-state index in [9.17, 15) is 0 Å². The predicted octanol–water partition coefficient (Wildman–Crippen LogP) is 5.27. The maximum absolute atomic E-state index is 6.23. The lowest BCUT2D eigenvalue weighted by atomic mass is 10.0. The fourth-order valence-corrected chi connectivity index (χ4v) is 4.01. The van der Waals surface area contributed by atoms with E-state index in [1.807, 2.05) is 48.5 Å². The lowest BCUT2D eigenvalue weighted by Gasteiger charge is -2.08. The van der Waals surface area contributed by atoms with Crippen LogP contribution in [0.25, 0.3) is 10.8 Å². The molecule has 3 aromatic carbocycles. The summed E-state index contributed by atoms with van der Waals surface area (Å²) >= 11 is 7.76. The molecular formula is C21H17ClN4OS. The van der Waals surface area contributed by atoms with Crippen LogP contribution in [0, 0.1) is 0 Å². The number of nitrogens with zero attached hydrogens (tertiary/aromatic N) is 4. The summed E-state index contributed by atoms with van der Waals surface area (Å²) in [5.74, 6) is 1.45. The first-order valence-electron chi connectivity index (χ1n) is 8.62. The standard InChI is InChI=1S/C21H17ClN4OS/c1-27-20-11-10-15-6-2-4-8-17(15)18(20)12-24-26-14-23-25-21(26)28-13-16-7-3-5-9-19(16)22/h2-12,14H,13H2,1H3/b24-12+. The van der Waals surface area contributed by atoms with E-state index in [0.29, 0.717) is 10.9 Å². The van der Waals surface area contributed by atoms with Crippen LogP contribution in [0.15, 0.2) is 77.2 Å². The Hall–Kier alpha value is -2.83. The van der Waals surface area contributed by atoms with E-state index in [0.717, 1.165) is 32.7 Å². The predicted molar refractivity (Wildman–Crippen MR) is 115 cm³/mol. The molecule has 0 bridgehead atoms. The van der Waals surface area contributed by atoms with E-state index in [4.69, 9.17) is 16.3 Å². The first kappa shape index (κ1) is 18.5. The van der Waals surface area contributed by atoms with Crippen LogP contribution in [0.4, 0.5) is 0 Å². The van der Waals surface area contributed by atoms with E-state index in [1.54, 1.807) is 24.3 Å². The van der Waals surface area contributed by atoms with E-state index < -0.39 is 0 Å². The number of halogens is 1. The van der Waals surface area contributed by atoms with Gasteiger partial charge in [-0.15, -0.1) is 10.2 Å². The Labute approximate surface area is 172 Å². The van der Waals surface area contributed by atoms with Gasteiger partial charge in [-0.3, -0.25) is 0 Å². The molecular weight excluding hydrogens is 392 g/mol. The molecule has 0 aliphatic rings. The maximum Gasteiger partial charge on any atom is 0.212 e. The lowest BCUT2D eigenvalue weighted by molar-refractivity contribution is 0.415. The number of hydrogen-bond acceptors (Lipinski definition) is 5. The summed E-state index contributed by atoms with van der Waals surface area (Å²) in [6, 6.07) is 19.9. The molecule has 28 heavy (non-hydrogen) atoms. The third-order valence-corrected chi connectivity index (χ3v) is 5.63. The summed E-state index contributed by atoms with van der Waals surface area (Å²) in [7, 11) is 1.66. The van der Waals surface area contributed by atoms with Crippen molar-refractivity contribution >= 4 is 40.3 Å². The summed E-state index contributed by atoms with van der Waals surface area (Å²) in [6.07, 6.45) is 3.37. The molecule has 0 aliphatic carbocycles. The summed E-state index contributed by atoms with van der Waals surface area (Å²) < 4.78 is 7.18. The fourth-order valence-electron chi connectivity index (χ4n) is 2.86. The van der Waals surface area contributed by atoms with E-state index in [2.05, 4.69) is 27.4 Å². The molecule has 140 valence electrons. The largest absolute Gasteiger partial charge is 0.496 e. The first-order valence-corrected chi connectivity index (χ1v) is 9.99. The van der Waals surface area contributed by atoms with Gasteiger partial charge in [-0.25, -0.2) is 0 Å². The van der Waals surface area contributed by atoms with Gasteiger partial charge in [-0.2, -0.15) is 9.78 Å². The number of methoxy groups -OCH3 is 1. The van der Waals surface area contributed by atoms with Crippen molar-refractivity contribution in [2.45, 2.75) is 10.9 Å². The lowest BCUT2D eigenvalue weighted by Crippen LogP contribution is -1.96. The smallest absolute Gasteiger partial charge is 0.212 e. The van der Waals surface area contributed by atoms with Gasteiger partial charge in [0.2, 0.25) is 5.16 Å². The Bertz CT molecular complexity index is 1140. The fraction of sp³-hybridized carbons (Fsp3) is 0.0952. The minimum absolute atomic E-state index is 0.686. The molecule has 0 saturated carbocycles. The second-order valence-corrected chi connectivity index (χ2v) is 7.34. The summed E-state index contributed by atoms with van der Waals surface area (Å²) in [4.78, 5) is 0. The molecule has 0 unspecified atom stereocenters. The maximum atomic E-state index is 6.23. The molecule has 0 radical (unpaired) electrons. The Kier molecular flexibility index (Phi) is 5.60. The number of aromatic nitrogens is 3. The van der Waals surface area contributed by atoms with Gasteiger partial charge in [0.15, 0.2) is 0 Å². The summed E-state index contributed by atoms with van der Waals surface area (Å²) in [5, 5.41) is 16.3. The zero-order valence-electron chi connectivity index (χ0n) is 15.1. The molecule has 0 fully saturated rings. The molecule has 0 saturated heterocycles. The SMILES string of the molecule is COc1ccc2ccccc2c1/C=N/n1cnnc1SCc1ccccc1Cl. The Morgan fingerprint density at radius 3 is 2.79 bits per heavy atom.